The van der Waals surface area contributed by atoms with Crippen LogP contribution in [0.1, 0.15) is 24.8 Å². The third kappa shape index (κ3) is 4.45. The van der Waals surface area contributed by atoms with Crippen molar-refractivity contribution in [2.75, 3.05) is 30.0 Å². The minimum atomic E-state index is -0.0419. The van der Waals surface area contributed by atoms with Gasteiger partial charge in [-0.2, -0.15) is 0 Å². The first kappa shape index (κ1) is 17.2. The Kier molecular flexibility index (Phi) is 5.46. The lowest BCUT2D eigenvalue weighted by Crippen LogP contribution is -2.41. The summed E-state index contributed by atoms with van der Waals surface area (Å²) in [6, 6.07) is 17.3. The van der Waals surface area contributed by atoms with Gasteiger partial charge in [0.05, 0.1) is 6.61 Å². The number of anilines is 2. The monoisotopic (exact) mass is 338 g/mol. The Hall–Kier alpha value is -2.66. The van der Waals surface area contributed by atoms with Gasteiger partial charge in [-0.05, 0) is 35.7 Å². The lowest BCUT2D eigenvalue weighted by molar-refractivity contribution is -0.125. The first-order valence-electron chi connectivity index (χ1n) is 8.46. The highest BCUT2D eigenvalue weighted by Gasteiger charge is 2.20. The summed E-state index contributed by atoms with van der Waals surface area (Å²) in [5, 5.41) is 2.92. The summed E-state index contributed by atoms with van der Waals surface area (Å²) in [4.78, 5) is 25.8. The van der Waals surface area contributed by atoms with Crippen molar-refractivity contribution in [3.8, 4) is 0 Å². The van der Waals surface area contributed by atoms with Gasteiger partial charge in [0.1, 0.15) is 6.61 Å². The number of hydrogen-bond acceptors (Lipinski definition) is 3. The number of amides is 2. The van der Waals surface area contributed by atoms with E-state index in [-0.39, 0.29) is 24.3 Å². The zero-order chi connectivity index (χ0) is 17.6. The maximum Gasteiger partial charge on any atom is 0.253 e. The fraction of sp³-hybridized carbons (Fsp3) is 0.300. The van der Waals surface area contributed by atoms with Crippen molar-refractivity contribution in [3.63, 3.8) is 0 Å². The Morgan fingerprint density at radius 3 is 2.56 bits per heavy atom. The smallest absolute Gasteiger partial charge is 0.253 e. The van der Waals surface area contributed by atoms with Crippen LogP contribution in [0.5, 0.6) is 0 Å². The normalized spacial score (nSPS) is 15.7. The van der Waals surface area contributed by atoms with E-state index in [4.69, 9.17) is 4.74 Å². The molecule has 25 heavy (non-hydrogen) atoms. The molecule has 1 atom stereocenters. The maximum absolute atomic E-state index is 12.2. The van der Waals surface area contributed by atoms with Crippen LogP contribution in [0.3, 0.4) is 0 Å². The highest BCUT2D eigenvalue weighted by Crippen LogP contribution is 2.22. The number of nitrogens with zero attached hydrogens (tertiary/aromatic N) is 1. The summed E-state index contributed by atoms with van der Waals surface area (Å²) in [5.41, 5.74) is 2.71. The fourth-order valence-electron chi connectivity index (χ4n) is 2.91. The number of nitrogens with one attached hydrogen (secondary N) is 1. The SMILES string of the molecule is CC(CC(=O)Nc1ccc(N2CCOCC2=O)cc1)c1ccccc1. The summed E-state index contributed by atoms with van der Waals surface area (Å²) >= 11 is 0. The lowest BCUT2D eigenvalue weighted by atomic mass is 9.97. The first-order chi connectivity index (χ1) is 12.1. The minimum absolute atomic E-state index is 0.0217. The molecule has 1 N–H and O–H groups in total. The van der Waals surface area contributed by atoms with E-state index >= 15 is 0 Å². The van der Waals surface area contributed by atoms with E-state index in [0.29, 0.717) is 19.6 Å². The van der Waals surface area contributed by atoms with E-state index in [1.807, 2.05) is 61.5 Å². The number of carbonyl (C=O) groups excluding carboxylic acids is 2. The van der Waals surface area contributed by atoms with Gasteiger partial charge in [0.2, 0.25) is 5.91 Å². The molecule has 3 rings (SSSR count). The topological polar surface area (TPSA) is 58.6 Å². The Labute approximate surface area is 147 Å². The number of hydrogen-bond donors (Lipinski definition) is 1. The quantitative estimate of drug-likeness (QED) is 0.911. The molecular formula is C20H22N2O3. The highest BCUT2D eigenvalue weighted by molar-refractivity contribution is 5.95. The second-order valence-electron chi connectivity index (χ2n) is 6.21. The van der Waals surface area contributed by atoms with Crippen molar-refractivity contribution < 1.29 is 14.3 Å². The van der Waals surface area contributed by atoms with Gasteiger partial charge in [-0.25, -0.2) is 0 Å². The molecule has 1 saturated heterocycles. The molecule has 1 aliphatic rings. The second kappa shape index (κ2) is 7.94. The molecule has 130 valence electrons. The first-order valence-corrected chi connectivity index (χ1v) is 8.46. The molecule has 1 aliphatic heterocycles. The van der Waals surface area contributed by atoms with Crippen molar-refractivity contribution in [2.24, 2.45) is 0 Å². The molecule has 1 fully saturated rings. The van der Waals surface area contributed by atoms with Crippen LogP contribution in [0.25, 0.3) is 0 Å². The third-order valence-electron chi connectivity index (χ3n) is 4.31. The fourth-order valence-corrected chi connectivity index (χ4v) is 2.91. The largest absolute Gasteiger partial charge is 0.370 e. The zero-order valence-electron chi connectivity index (χ0n) is 14.3. The second-order valence-corrected chi connectivity index (χ2v) is 6.21. The van der Waals surface area contributed by atoms with Gasteiger partial charge in [-0.15, -0.1) is 0 Å². The molecule has 1 heterocycles. The Morgan fingerprint density at radius 1 is 1.16 bits per heavy atom. The Balaban J connectivity index is 1.57. The van der Waals surface area contributed by atoms with Crippen molar-refractivity contribution in [1.29, 1.82) is 0 Å². The maximum atomic E-state index is 12.2. The van der Waals surface area contributed by atoms with E-state index in [2.05, 4.69) is 5.32 Å². The number of rotatable bonds is 5. The van der Waals surface area contributed by atoms with Gasteiger partial charge in [0.25, 0.3) is 5.91 Å². The van der Waals surface area contributed by atoms with Crippen LogP contribution in [0.15, 0.2) is 54.6 Å². The molecule has 2 aromatic carbocycles. The van der Waals surface area contributed by atoms with Gasteiger partial charge < -0.3 is 15.0 Å². The molecule has 2 amide bonds. The molecule has 0 aromatic heterocycles. The molecule has 0 radical (unpaired) electrons. The van der Waals surface area contributed by atoms with E-state index < -0.39 is 0 Å². The average molecular weight is 338 g/mol. The Morgan fingerprint density at radius 2 is 1.88 bits per heavy atom. The summed E-state index contributed by atoms with van der Waals surface area (Å²) < 4.78 is 5.14. The number of ether oxygens (including phenoxy) is 1. The van der Waals surface area contributed by atoms with Gasteiger partial charge in [0, 0.05) is 24.3 Å². The summed E-state index contributed by atoms with van der Waals surface area (Å²) in [5.74, 6) is 0.0951. The van der Waals surface area contributed by atoms with Crippen LogP contribution in [0.4, 0.5) is 11.4 Å². The molecule has 0 aliphatic carbocycles. The highest BCUT2D eigenvalue weighted by atomic mass is 16.5. The van der Waals surface area contributed by atoms with Crippen LogP contribution in [-0.4, -0.2) is 31.6 Å². The number of benzene rings is 2. The number of morpholine rings is 1. The zero-order valence-corrected chi connectivity index (χ0v) is 14.3. The minimum Gasteiger partial charge on any atom is -0.370 e. The predicted octanol–water partition coefficient (Wildman–Crippen LogP) is 3.18. The van der Waals surface area contributed by atoms with Gasteiger partial charge in [0.15, 0.2) is 0 Å². The summed E-state index contributed by atoms with van der Waals surface area (Å²) in [7, 11) is 0. The van der Waals surface area contributed by atoms with Crippen LogP contribution in [-0.2, 0) is 14.3 Å². The van der Waals surface area contributed by atoms with Crippen LogP contribution < -0.4 is 10.2 Å². The van der Waals surface area contributed by atoms with E-state index in [9.17, 15) is 9.59 Å². The number of carbonyl (C=O) groups is 2. The van der Waals surface area contributed by atoms with Gasteiger partial charge in [-0.3, -0.25) is 9.59 Å². The molecule has 2 aromatic rings. The van der Waals surface area contributed by atoms with Crippen LogP contribution in [0, 0.1) is 0 Å². The molecular weight excluding hydrogens is 316 g/mol. The van der Waals surface area contributed by atoms with Gasteiger partial charge >= 0.3 is 0 Å². The van der Waals surface area contributed by atoms with Crippen molar-refractivity contribution >= 4 is 23.2 Å². The van der Waals surface area contributed by atoms with Crippen LogP contribution >= 0.6 is 0 Å². The van der Waals surface area contributed by atoms with Gasteiger partial charge in [-0.1, -0.05) is 37.3 Å². The average Bonchev–Trinajstić information content (AvgIpc) is 2.63. The predicted molar refractivity (Wildman–Crippen MR) is 97.7 cm³/mol. The van der Waals surface area contributed by atoms with Crippen molar-refractivity contribution in [3.05, 3.63) is 60.2 Å². The lowest BCUT2D eigenvalue weighted by Gasteiger charge is -2.26. The molecule has 0 saturated carbocycles. The molecule has 1 unspecified atom stereocenters. The Bertz CT molecular complexity index is 728. The van der Waals surface area contributed by atoms with E-state index in [1.54, 1.807) is 4.90 Å². The molecule has 0 bridgehead atoms. The third-order valence-corrected chi connectivity index (χ3v) is 4.31. The summed E-state index contributed by atoms with van der Waals surface area (Å²) in [6.07, 6.45) is 0.424. The van der Waals surface area contributed by atoms with Crippen LogP contribution in [0.2, 0.25) is 0 Å². The molecule has 0 spiro atoms. The van der Waals surface area contributed by atoms with E-state index in [0.717, 1.165) is 16.9 Å². The molecule has 5 nitrogen and oxygen atoms in total. The molecule has 5 heteroatoms. The standard InChI is InChI=1S/C20H22N2O3/c1-15(16-5-3-2-4-6-16)13-19(23)21-17-7-9-18(10-8-17)22-11-12-25-14-20(22)24/h2-10,15H,11-14H2,1H3,(H,21,23). The summed E-state index contributed by atoms with van der Waals surface area (Å²) in [6.45, 7) is 3.26. The van der Waals surface area contributed by atoms with E-state index in [1.165, 1.54) is 0 Å². The van der Waals surface area contributed by atoms with Crippen molar-refractivity contribution in [1.82, 2.24) is 0 Å². The van der Waals surface area contributed by atoms with Crippen molar-refractivity contribution in [2.45, 2.75) is 19.3 Å².